The number of fused-ring (bicyclic) bond motifs is 1. The van der Waals surface area contributed by atoms with Gasteiger partial charge in [-0.1, -0.05) is 36.4 Å². The summed E-state index contributed by atoms with van der Waals surface area (Å²) in [5.41, 5.74) is 2.63. The van der Waals surface area contributed by atoms with E-state index in [1.165, 1.54) is 0 Å². The summed E-state index contributed by atoms with van der Waals surface area (Å²) in [4.78, 5) is 14.8. The Morgan fingerprint density at radius 3 is 2.84 bits per heavy atom. The summed E-state index contributed by atoms with van der Waals surface area (Å²) >= 11 is 0. The van der Waals surface area contributed by atoms with Crippen LogP contribution >= 0.6 is 0 Å². The lowest BCUT2D eigenvalue weighted by Gasteiger charge is -2.17. The second-order valence-electron chi connectivity index (χ2n) is 6.81. The Balaban J connectivity index is 1.55. The van der Waals surface area contributed by atoms with Crippen LogP contribution in [0.3, 0.4) is 0 Å². The number of rotatable bonds is 3. The van der Waals surface area contributed by atoms with Gasteiger partial charge in [0.1, 0.15) is 0 Å². The average molecular weight is 335 g/mol. The molecule has 4 rings (SSSR count). The topological polar surface area (TPSA) is 69.2 Å². The van der Waals surface area contributed by atoms with Gasteiger partial charge in [0.05, 0.1) is 11.8 Å². The number of H-pyrrole nitrogens is 1. The maximum absolute atomic E-state index is 13.0. The number of benzene rings is 2. The summed E-state index contributed by atoms with van der Waals surface area (Å²) in [6.07, 6.45) is 0.154. The number of β-amino-alcohol motifs (C(OH)–C–C–N with tert-alkyl or cyclic N) is 1. The first-order valence-corrected chi connectivity index (χ1v) is 8.58. The molecule has 2 N–H and O–H groups in total. The van der Waals surface area contributed by atoms with Crippen molar-refractivity contribution in [3.05, 3.63) is 65.5 Å². The van der Waals surface area contributed by atoms with E-state index < -0.39 is 6.10 Å². The largest absolute Gasteiger partial charge is 0.391 e. The van der Waals surface area contributed by atoms with Crippen molar-refractivity contribution >= 4 is 16.7 Å². The van der Waals surface area contributed by atoms with Crippen molar-refractivity contribution < 1.29 is 9.90 Å². The Morgan fingerprint density at radius 1 is 1.24 bits per heavy atom. The van der Waals surface area contributed by atoms with Crippen LogP contribution < -0.4 is 0 Å². The van der Waals surface area contributed by atoms with Crippen molar-refractivity contribution in [2.75, 3.05) is 13.1 Å². The molecule has 0 saturated carbocycles. The highest BCUT2D eigenvalue weighted by molar-refractivity contribution is 6.07. The molecule has 2 atom stereocenters. The Bertz CT molecular complexity index is 913. The molecule has 1 saturated heterocycles. The predicted octanol–water partition coefficient (Wildman–Crippen LogP) is 2.55. The highest BCUT2D eigenvalue weighted by Gasteiger charge is 2.35. The van der Waals surface area contributed by atoms with Crippen molar-refractivity contribution in [2.24, 2.45) is 5.92 Å². The van der Waals surface area contributed by atoms with E-state index in [2.05, 4.69) is 10.2 Å². The van der Waals surface area contributed by atoms with Crippen LogP contribution in [0.4, 0.5) is 0 Å². The molecule has 128 valence electrons. The standard InChI is InChI=1S/C20H21N3O2/c1-13-9-16(22-21-13)10-15-11-23(12-19(15)24)20(25)18-8-4-6-14-5-2-3-7-17(14)18/h2-9,15,19,24H,10-12H2,1H3,(H,21,22)/t15-,19-/m1/s1. The van der Waals surface area contributed by atoms with E-state index in [0.29, 0.717) is 25.1 Å². The normalized spacial score (nSPS) is 20.3. The van der Waals surface area contributed by atoms with Gasteiger partial charge in [-0.15, -0.1) is 0 Å². The number of carbonyl (C=O) groups excluding carboxylic acids is 1. The summed E-state index contributed by atoms with van der Waals surface area (Å²) in [5.74, 6) is -0.00168. The zero-order chi connectivity index (χ0) is 17.4. The molecular weight excluding hydrogens is 314 g/mol. The van der Waals surface area contributed by atoms with Crippen LogP contribution in [0.25, 0.3) is 10.8 Å². The number of nitrogens with zero attached hydrogens (tertiary/aromatic N) is 2. The average Bonchev–Trinajstić information content (AvgIpc) is 3.20. The number of amides is 1. The van der Waals surface area contributed by atoms with Gasteiger partial charge in [-0.05, 0) is 36.2 Å². The molecule has 0 radical (unpaired) electrons. The number of aliphatic hydroxyl groups is 1. The Kier molecular flexibility index (Phi) is 4.01. The second-order valence-corrected chi connectivity index (χ2v) is 6.81. The number of aromatic nitrogens is 2. The molecule has 1 aromatic heterocycles. The van der Waals surface area contributed by atoms with Crippen LogP contribution in [-0.4, -0.2) is 45.3 Å². The lowest BCUT2D eigenvalue weighted by molar-refractivity contribution is 0.0766. The minimum atomic E-state index is -0.518. The molecule has 1 aliphatic rings. The van der Waals surface area contributed by atoms with Gasteiger partial charge in [-0.25, -0.2) is 0 Å². The van der Waals surface area contributed by atoms with Crippen LogP contribution in [0.1, 0.15) is 21.7 Å². The van der Waals surface area contributed by atoms with Crippen LogP contribution in [0.2, 0.25) is 0 Å². The van der Waals surface area contributed by atoms with E-state index in [0.717, 1.165) is 22.2 Å². The minimum Gasteiger partial charge on any atom is -0.391 e. The maximum atomic E-state index is 13.0. The fourth-order valence-corrected chi connectivity index (χ4v) is 3.65. The van der Waals surface area contributed by atoms with Gasteiger partial charge in [-0.2, -0.15) is 5.10 Å². The first-order valence-electron chi connectivity index (χ1n) is 8.58. The lowest BCUT2D eigenvalue weighted by Crippen LogP contribution is -2.29. The third-order valence-corrected chi connectivity index (χ3v) is 4.94. The second kappa shape index (κ2) is 6.33. The molecule has 5 heteroatoms. The zero-order valence-corrected chi connectivity index (χ0v) is 14.1. The molecule has 0 spiro atoms. The summed E-state index contributed by atoms with van der Waals surface area (Å²) in [6.45, 7) is 2.88. The molecule has 0 unspecified atom stereocenters. The first kappa shape index (κ1) is 15.8. The predicted molar refractivity (Wildman–Crippen MR) is 96.4 cm³/mol. The third-order valence-electron chi connectivity index (χ3n) is 4.94. The summed E-state index contributed by atoms with van der Waals surface area (Å²) in [6, 6.07) is 15.7. The SMILES string of the molecule is Cc1cc(C[C@@H]2CN(C(=O)c3cccc4ccccc34)C[C@H]2O)n[nH]1. The molecule has 2 heterocycles. The quantitative estimate of drug-likeness (QED) is 0.773. The molecule has 1 amide bonds. The fraction of sp³-hybridized carbons (Fsp3) is 0.300. The monoisotopic (exact) mass is 335 g/mol. The number of hydrogen-bond acceptors (Lipinski definition) is 3. The maximum Gasteiger partial charge on any atom is 0.254 e. The summed E-state index contributed by atoms with van der Waals surface area (Å²) in [7, 11) is 0. The van der Waals surface area contributed by atoms with Gasteiger partial charge in [-0.3, -0.25) is 9.89 Å². The number of aromatic amines is 1. The Hall–Kier alpha value is -2.66. The van der Waals surface area contributed by atoms with E-state index >= 15 is 0 Å². The Labute approximate surface area is 146 Å². The van der Waals surface area contributed by atoms with E-state index in [9.17, 15) is 9.90 Å². The van der Waals surface area contributed by atoms with Crippen molar-refractivity contribution in [3.8, 4) is 0 Å². The van der Waals surface area contributed by atoms with Crippen LogP contribution in [0.5, 0.6) is 0 Å². The highest BCUT2D eigenvalue weighted by Crippen LogP contribution is 2.25. The zero-order valence-electron chi connectivity index (χ0n) is 14.1. The van der Waals surface area contributed by atoms with E-state index in [1.54, 1.807) is 4.90 Å². The van der Waals surface area contributed by atoms with Gasteiger partial charge < -0.3 is 10.0 Å². The van der Waals surface area contributed by atoms with Gasteiger partial charge in [0.15, 0.2) is 0 Å². The van der Waals surface area contributed by atoms with Crippen molar-refractivity contribution in [3.63, 3.8) is 0 Å². The molecule has 3 aromatic rings. The number of aryl methyl sites for hydroxylation is 1. The third kappa shape index (κ3) is 3.03. The van der Waals surface area contributed by atoms with E-state index in [4.69, 9.17) is 0 Å². The number of nitrogens with one attached hydrogen (secondary N) is 1. The summed E-state index contributed by atoms with van der Waals surface area (Å²) in [5, 5.41) is 19.6. The van der Waals surface area contributed by atoms with Gasteiger partial charge >= 0.3 is 0 Å². The number of likely N-dealkylation sites (tertiary alicyclic amines) is 1. The van der Waals surface area contributed by atoms with E-state index in [1.807, 2.05) is 55.5 Å². The number of carbonyl (C=O) groups is 1. The smallest absolute Gasteiger partial charge is 0.254 e. The molecule has 25 heavy (non-hydrogen) atoms. The highest BCUT2D eigenvalue weighted by atomic mass is 16.3. The lowest BCUT2D eigenvalue weighted by atomic mass is 10.00. The van der Waals surface area contributed by atoms with Crippen LogP contribution in [0.15, 0.2) is 48.5 Å². The molecule has 0 bridgehead atoms. The van der Waals surface area contributed by atoms with Crippen molar-refractivity contribution in [2.45, 2.75) is 19.4 Å². The molecule has 2 aromatic carbocycles. The molecular formula is C20H21N3O2. The molecule has 0 aliphatic carbocycles. The molecule has 5 nitrogen and oxygen atoms in total. The first-order chi connectivity index (χ1) is 12.1. The van der Waals surface area contributed by atoms with Gasteiger partial charge in [0.25, 0.3) is 5.91 Å². The molecule has 1 aliphatic heterocycles. The van der Waals surface area contributed by atoms with Gasteiger partial charge in [0, 0.05) is 30.3 Å². The van der Waals surface area contributed by atoms with Crippen LogP contribution in [-0.2, 0) is 6.42 Å². The van der Waals surface area contributed by atoms with Crippen molar-refractivity contribution in [1.82, 2.24) is 15.1 Å². The van der Waals surface area contributed by atoms with E-state index in [-0.39, 0.29) is 11.8 Å². The van der Waals surface area contributed by atoms with Gasteiger partial charge in [0.2, 0.25) is 0 Å². The minimum absolute atomic E-state index is 0.0154. The number of hydrogen-bond donors (Lipinski definition) is 2. The Morgan fingerprint density at radius 2 is 2.04 bits per heavy atom. The number of aliphatic hydroxyl groups excluding tert-OH is 1. The van der Waals surface area contributed by atoms with Crippen LogP contribution in [0, 0.1) is 12.8 Å². The van der Waals surface area contributed by atoms with Crippen molar-refractivity contribution in [1.29, 1.82) is 0 Å². The summed E-state index contributed by atoms with van der Waals surface area (Å²) < 4.78 is 0. The fourth-order valence-electron chi connectivity index (χ4n) is 3.65. The molecule has 1 fully saturated rings.